The lowest BCUT2D eigenvalue weighted by Crippen LogP contribution is -2.10. The molecule has 0 aromatic carbocycles. The van der Waals surface area contributed by atoms with Crippen LogP contribution in [-0.2, 0) is 6.54 Å². The average molecular weight is 210 g/mol. The molecule has 0 bridgehead atoms. The zero-order valence-corrected chi connectivity index (χ0v) is 8.99. The third-order valence-electron chi connectivity index (χ3n) is 1.94. The molecule has 0 aliphatic carbocycles. The van der Waals surface area contributed by atoms with Crippen molar-refractivity contribution in [2.75, 3.05) is 14.1 Å². The van der Waals surface area contributed by atoms with Crippen molar-refractivity contribution in [1.82, 2.24) is 14.3 Å². The summed E-state index contributed by atoms with van der Waals surface area (Å²) in [4.78, 5) is 6.54. The largest absolute Gasteiger partial charge is 0.305 e. The molecule has 0 N–H and O–H groups in total. The Balaban J connectivity index is 2.41. The van der Waals surface area contributed by atoms with Crippen LogP contribution >= 0.6 is 11.6 Å². The van der Waals surface area contributed by atoms with Gasteiger partial charge in [0.05, 0.1) is 10.7 Å². The minimum absolute atomic E-state index is 0.728. The van der Waals surface area contributed by atoms with Gasteiger partial charge in [0, 0.05) is 18.9 Å². The Hall–Kier alpha value is -1.06. The Morgan fingerprint density at radius 3 is 2.86 bits per heavy atom. The second-order valence-corrected chi connectivity index (χ2v) is 4.02. The van der Waals surface area contributed by atoms with Crippen LogP contribution in [0.5, 0.6) is 0 Å². The Bertz CT molecular complexity index is 448. The van der Waals surface area contributed by atoms with Gasteiger partial charge in [-0.2, -0.15) is 0 Å². The van der Waals surface area contributed by atoms with Crippen LogP contribution in [0, 0.1) is 0 Å². The van der Waals surface area contributed by atoms with Gasteiger partial charge in [-0.05, 0) is 26.2 Å². The maximum atomic E-state index is 5.87. The van der Waals surface area contributed by atoms with Crippen molar-refractivity contribution in [3.05, 3.63) is 35.2 Å². The molecule has 2 rings (SSSR count). The molecule has 0 saturated heterocycles. The van der Waals surface area contributed by atoms with E-state index in [9.17, 15) is 0 Å². The van der Waals surface area contributed by atoms with Crippen LogP contribution in [0.4, 0.5) is 0 Å². The monoisotopic (exact) mass is 209 g/mol. The van der Waals surface area contributed by atoms with E-state index in [0.29, 0.717) is 0 Å². The van der Waals surface area contributed by atoms with Gasteiger partial charge < -0.3 is 9.30 Å². The fourth-order valence-corrected chi connectivity index (χ4v) is 1.59. The number of imidazole rings is 1. The molecule has 0 saturated carbocycles. The zero-order chi connectivity index (χ0) is 10.1. The molecule has 2 aromatic rings. The molecular formula is C10H12ClN3. The molecule has 0 fully saturated rings. The maximum absolute atomic E-state index is 5.87. The van der Waals surface area contributed by atoms with Crippen LogP contribution in [0.2, 0.25) is 5.02 Å². The fourth-order valence-electron chi connectivity index (χ4n) is 1.42. The van der Waals surface area contributed by atoms with E-state index in [1.807, 2.05) is 43.0 Å². The second kappa shape index (κ2) is 3.59. The summed E-state index contributed by atoms with van der Waals surface area (Å²) >= 11 is 5.87. The SMILES string of the molecule is CN(C)Cc1cn2cc(Cl)ccc2n1. The van der Waals surface area contributed by atoms with Crippen molar-refractivity contribution in [2.45, 2.75) is 6.54 Å². The van der Waals surface area contributed by atoms with Crippen LogP contribution < -0.4 is 0 Å². The molecule has 0 unspecified atom stereocenters. The molecule has 0 radical (unpaired) electrons. The highest BCUT2D eigenvalue weighted by Gasteiger charge is 2.02. The Kier molecular flexibility index (Phi) is 2.44. The van der Waals surface area contributed by atoms with Crippen LogP contribution in [0.25, 0.3) is 5.65 Å². The minimum atomic E-state index is 0.728. The first-order valence-corrected chi connectivity index (χ1v) is 4.81. The lowest BCUT2D eigenvalue weighted by molar-refractivity contribution is 0.398. The van der Waals surface area contributed by atoms with Gasteiger partial charge in [-0.1, -0.05) is 11.6 Å². The predicted octanol–water partition coefficient (Wildman–Crippen LogP) is 2.05. The molecule has 2 aromatic heterocycles. The highest BCUT2D eigenvalue weighted by Crippen LogP contribution is 2.12. The van der Waals surface area contributed by atoms with Crippen LogP contribution in [0.1, 0.15) is 5.69 Å². The lowest BCUT2D eigenvalue weighted by Gasteiger charge is -2.04. The number of nitrogens with zero attached hydrogens (tertiary/aromatic N) is 3. The van der Waals surface area contributed by atoms with Crippen molar-refractivity contribution in [2.24, 2.45) is 0 Å². The summed E-state index contributed by atoms with van der Waals surface area (Å²) in [5, 5.41) is 0.728. The predicted molar refractivity (Wildman–Crippen MR) is 57.6 cm³/mol. The maximum Gasteiger partial charge on any atom is 0.137 e. The summed E-state index contributed by atoms with van der Waals surface area (Å²) in [7, 11) is 4.05. The molecule has 4 heteroatoms. The fraction of sp³-hybridized carbons (Fsp3) is 0.300. The molecule has 0 aliphatic heterocycles. The van der Waals surface area contributed by atoms with Crippen molar-refractivity contribution >= 4 is 17.2 Å². The van der Waals surface area contributed by atoms with E-state index < -0.39 is 0 Å². The van der Waals surface area contributed by atoms with E-state index in [2.05, 4.69) is 9.88 Å². The Labute approximate surface area is 87.9 Å². The number of hydrogen-bond acceptors (Lipinski definition) is 2. The minimum Gasteiger partial charge on any atom is -0.305 e. The van der Waals surface area contributed by atoms with Crippen LogP contribution in [-0.4, -0.2) is 28.4 Å². The van der Waals surface area contributed by atoms with E-state index >= 15 is 0 Å². The number of halogens is 1. The highest BCUT2D eigenvalue weighted by atomic mass is 35.5. The first kappa shape index (κ1) is 9.49. The summed E-state index contributed by atoms with van der Waals surface area (Å²) in [6.45, 7) is 0.847. The second-order valence-electron chi connectivity index (χ2n) is 3.58. The summed E-state index contributed by atoms with van der Waals surface area (Å²) in [5.74, 6) is 0. The van der Waals surface area contributed by atoms with Gasteiger partial charge in [0.25, 0.3) is 0 Å². The molecule has 2 heterocycles. The molecule has 0 aliphatic rings. The van der Waals surface area contributed by atoms with E-state index in [-0.39, 0.29) is 0 Å². The third-order valence-corrected chi connectivity index (χ3v) is 2.17. The van der Waals surface area contributed by atoms with Crippen molar-refractivity contribution < 1.29 is 0 Å². The first-order valence-electron chi connectivity index (χ1n) is 4.43. The van der Waals surface area contributed by atoms with Crippen LogP contribution in [0.15, 0.2) is 24.5 Å². The van der Waals surface area contributed by atoms with Crippen LogP contribution in [0.3, 0.4) is 0 Å². The van der Waals surface area contributed by atoms with E-state index in [0.717, 1.165) is 22.9 Å². The van der Waals surface area contributed by atoms with Crippen molar-refractivity contribution in [1.29, 1.82) is 0 Å². The molecule has 74 valence electrons. The average Bonchev–Trinajstić information content (AvgIpc) is 2.44. The quantitative estimate of drug-likeness (QED) is 0.755. The highest BCUT2D eigenvalue weighted by molar-refractivity contribution is 6.30. The number of aromatic nitrogens is 2. The summed E-state index contributed by atoms with van der Waals surface area (Å²) in [5.41, 5.74) is 1.99. The van der Waals surface area contributed by atoms with E-state index in [1.165, 1.54) is 0 Å². The summed E-state index contributed by atoms with van der Waals surface area (Å²) in [6.07, 6.45) is 3.87. The normalized spacial score (nSPS) is 11.4. The molecule has 0 spiro atoms. The molecular weight excluding hydrogens is 198 g/mol. The van der Waals surface area contributed by atoms with Gasteiger partial charge in [-0.3, -0.25) is 0 Å². The molecule has 0 amide bonds. The Morgan fingerprint density at radius 2 is 2.14 bits per heavy atom. The number of rotatable bonds is 2. The van der Waals surface area contributed by atoms with E-state index in [4.69, 9.17) is 11.6 Å². The van der Waals surface area contributed by atoms with Gasteiger partial charge >= 0.3 is 0 Å². The van der Waals surface area contributed by atoms with Gasteiger partial charge in [0.2, 0.25) is 0 Å². The molecule has 14 heavy (non-hydrogen) atoms. The number of pyridine rings is 1. The van der Waals surface area contributed by atoms with Gasteiger partial charge in [-0.25, -0.2) is 4.98 Å². The van der Waals surface area contributed by atoms with E-state index in [1.54, 1.807) is 0 Å². The van der Waals surface area contributed by atoms with Crippen molar-refractivity contribution in [3.63, 3.8) is 0 Å². The van der Waals surface area contributed by atoms with Gasteiger partial charge in [0.1, 0.15) is 5.65 Å². The van der Waals surface area contributed by atoms with Gasteiger partial charge in [-0.15, -0.1) is 0 Å². The third kappa shape index (κ3) is 1.89. The lowest BCUT2D eigenvalue weighted by atomic mass is 10.4. The zero-order valence-electron chi connectivity index (χ0n) is 8.24. The number of hydrogen-bond donors (Lipinski definition) is 0. The molecule has 0 atom stereocenters. The van der Waals surface area contributed by atoms with Crippen molar-refractivity contribution in [3.8, 4) is 0 Å². The summed E-state index contributed by atoms with van der Waals surface area (Å²) < 4.78 is 1.95. The Morgan fingerprint density at radius 1 is 1.36 bits per heavy atom. The first-order chi connectivity index (χ1) is 6.65. The summed E-state index contributed by atoms with van der Waals surface area (Å²) in [6, 6.07) is 3.77. The smallest absolute Gasteiger partial charge is 0.137 e. The van der Waals surface area contributed by atoms with Gasteiger partial charge in [0.15, 0.2) is 0 Å². The standard InChI is InChI=1S/C10H12ClN3/c1-13(2)6-9-7-14-5-8(11)3-4-10(14)12-9/h3-5,7H,6H2,1-2H3. The molecule has 3 nitrogen and oxygen atoms in total. The number of fused-ring (bicyclic) bond motifs is 1. The topological polar surface area (TPSA) is 20.5 Å².